The molecular formula is C13H16O2. The van der Waals surface area contributed by atoms with Crippen molar-refractivity contribution in [3.05, 3.63) is 42.5 Å². The molecule has 0 amide bonds. The molecule has 2 rings (SSSR count). The summed E-state index contributed by atoms with van der Waals surface area (Å²) in [5.41, 5.74) is 1.13. The third kappa shape index (κ3) is 2.05. The minimum absolute atomic E-state index is 0.126. The van der Waals surface area contributed by atoms with Crippen LogP contribution >= 0.6 is 0 Å². The monoisotopic (exact) mass is 204 g/mol. The normalized spacial score (nSPS) is 20.5. The molecule has 80 valence electrons. The van der Waals surface area contributed by atoms with Crippen molar-refractivity contribution in [1.29, 1.82) is 0 Å². The molecule has 2 atom stereocenters. The summed E-state index contributed by atoms with van der Waals surface area (Å²) < 4.78 is 5.53. The van der Waals surface area contributed by atoms with Crippen molar-refractivity contribution < 1.29 is 9.84 Å². The molecule has 0 saturated heterocycles. The van der Waals surface area contributed by atoms with E-state index in [2.05, 4.69) is 6.58 Å². The number of aliphatic hydroxyl groups is 1. The highest BCUT2D eigenvalue weighted by Crippen LogP contribution is 2.36. The number of para-hydroxylation sites is 1. The Morgan fingerprint density at radius 3 is 3.13 bits per heavy atom. The minimum atomic E-state index is -0.327. The third-order valence-electron chi connectivity index (χ3n) is 2.87. The van der Waals surface area contributed by atoms with Gasteiger partial charge in [-0.1, -0.05) is 24.3 Å². The Kier molecular flexibility index (Phi) is 3.07. The summed E-state index contributed by atoms with van der Waals surface area (Å²) in [6.07, 6.45) is 3.11. The molecule has 2 nitrogen and oxygen atoms in total. The predicted octanol–water partition coefficient (Wildman–Crippen LogP) is 2.49. The van der Waals surface area contributed by atoms with Crippen molar-refractivity contribution in [2.75, 3.05) is 6.61 Å². The fourth-order valence-corrected chi connectivity index (χ4v) is 2.00. The van der Waals surface area contributed by atoms with Gasteiger partial charge >= 0.3 is 0 Å². The van der Waals surface area contributed by atoms with Crippen LogP contribution in [0.25, 0.3) is 0 Å². The lowest BCUT2D eigenvalue weighted by molar-refractivity contribution is 0.121. The van der Waals surface area contributed by atoms with Crippen molar-refractivity contribution in [2.24, 2.45) is 0 Å². The molecule has 2 unspecified atom stereocenters. The number of allylic oxidation sites excluding steroid dienone is 1. The summed E-state index contributed by atoms with van der Waals surface area (Å²) in [6.45, 7) is 4.26. The number of ether oxygens (including phenoxy) is 1. The van der Waals surface area contributed by atoms with Crippen molar-refractivity contribution in [1.82, 2.24) is 0 Å². The molecule has 1 aromatic rings. The van der Waals surface area contributed by atoms with E-state index in [4.69, 9.17) is 4.74 Å². The Morgan fingerprint density at radius 1 is 1.53 bits per heavy atom. The van der Waals surface area contributed by atoms with Crippen LogP contribution in [-0.2, 0) is 0 Å². The fourth-order valence-electron chi connectivity index (χ4n) is 2.00. The largest absolute Gasteiger partial charge is 0.493 e. The molecule has 1 aromatic carbocycles. The van der Waals surface area contributed by atoms with Gasteiger partial charge in [-0.15, -0.1) is 6.58 Å². The first kappa shape index (κ1) is 10.2. The summed E-state index contributed by atoms with van der Waals surface area (Å²) >= 11 is 0. The van der Waals surface area contributed by atoms with Gasteiger partial charge in [0.25, 0.3) is 0 Å². The van der Waals surface area contributed by atoms with Gasteiger partial charge < -0.3 is 9.84 Å². The minimum Gasteiger partial charge on any atom is -0.493 e. The van der Waals surface area contributed by atoms with E-state index >= 15 is 0 Å². The molecule has 0 bridgehead atoms. The van der Waals surface area contributed by atoms with Gasteiger partial charge in [-0.2, -0.15) is 0 Å². The molecule has 1 N–H and O–H groups in total. The van der Waals surface area contributed by atoms with E-state index in [1.54, 1.807) is 0 Å². The molecule has 2 heteroatoms. The maximum absolute atomic E-state index is 10.00. The van der Waals surface area contributed by atoms with Crippen LogP contribution in [0.5, 0.6) is 5.75 Å². The van der Waals surface area contributed by atoms with Gasteiger partial charge in [0.1, 0.15) is 5.75 Å². The van der Waals surface area contributed by atoms with Gasteiger partial charge in [-0.3, -0.25) is 0 Å². The Balaban J connectivity index is 2.09. The summed E-state index contributed by atoms with van der Waals surface area (Å²) in [5, 5.41) is 10.00. The summed E-state index contributed by atoms with van der Waals surface area (Å²) in [5.74, 6) is 1.04. The summed E-state index contributed by atoms with van der Waals surface area (Å²) in [4.78, 5) is 0. The fraction of sp³-hybridized carbons (Fsp3) is 0.385. The lowest BCUT2D eigenvalue weighted by Crippen LogP contribution is -2.19. The number of aliphatic hydroxyl groups excluding tert-OH is 1. The van der Waals surface area contributed by atoms with E-state index in [0.29, 0.717) is 6.61 Å². The standard InChI is InChI=1S/C13H16O2/c1-2-3-7-12(14)11-9-15-13-8-5-4-6-10(11)13/h2,4-6,8,11-12,14H,1,3,7,9H2. The number of hydrogen-bond donors (Lipinski definition) is 1. The molecule has 0 aliphatic carbocycles. The highest BCUT2D eigenvalue weighted by molar-refractivity contribution is 5.40. The Morgan fingerprint density at radius 2 is 2.33 bits per heavy atom. The zero-order chi connectivity index (χ0) is 10.7. The Hall–Kier alpha value is -1.28. The highest BCUT2D eigenvalue weighted by atomic mass is 16.5. The smallest absolute Gasteiger partial charge is 0.123 e. The third-order valence-corrected chi connectivity index (χ3v) is 2.87. The van der Waals surface area contributed by atoms with Crippen LogP contribution in [0.1, 0.15) is 24.3 Å². The molecule has 1 aliphatic heterocycles. The molecule has 0 spiro atoms. The van der Waals surface area contributed by atoms with Crippen molar-refractivity contribution in [3.63, 3.8) is 0 Å². The quantitative estimate of drug-likeness (QED) is 0.763. The van der Waals surface area contributed by atoms with Crippen molar-refractivity contribution >= 4 is 0 Å². The lowest BCUT2D eigenvalue weighted by atomic mass is 9.93. The Bertz CT molecular complexity index is 346. The second kappa shape index (κ2) is 4.49. The van der Waals surface area contributed by atoms with Gasteiger partial charge in [0.05, 0.1) is 12.7 Å². The first-order valence-electron chi connectivity index (χ1n) is 5.33. The topological polar surface area (TPSA) is 29.5 Å². The molecule has 0 fully saturated rings. The van der Waals surface area contributed by atoms with Crippen LogP contribution in [0.2, 0.25) is 0 Å². The first-order valence-corrected chi connectivity index (χ1v) is 5.33. The highest BCUT2D eigenvalue weighted by Gasteiger charge is 2.29. The maximum Gasteiger partial charge on any atom is 0.123 e. The van der Waals surface area contributed by atoms with Gasteiger partial charge in [0.15, 0.2) is 0 Å². The molecule has 15 heavy (non-hydrogen) atoms. The number of hydrogen-bond acceptors (Lipinski definition) is 2. The van der Waals surface area contributed by atoms with Gasteiger partial charge in [-0.05, 0) is 18.9 Å². The van der Waals surface area contributed by atoms with E-state index in [9.17, 15) is 5.11 Å². The van der Waals surface area contributed by atoms with E-state index in [1.165, 1.54) is 0 Å². The SMILES string of the molecule is C=CCCC(O)C1COc2ccccc21. The number of rotatable bonds is 4. The lowest BCUT2D eigenvalue weighted by Gasteiger charge is -2.15. The zero-order valence-corrected chi connectivity index (χ0v) is 8.73. The second-order valence-electron chi connectivity index (χ2n) is 3.89. The maximum atomic E-state index is 10.00. The van der Waals surface area contributed by atoms with Crippen LogP contribution in [0.4, 0.5) is 0 Å². The molecule has 1 heterocycles. The molecule has 1 aliphatic rings. The molecule has 0 radical (unpaired) electrons. The number of benzene rings is 1. The van der Waals surface area contributed by atoms with Gasteiger partial charge in [0.2, 0.25) is 0 Å². The predicted molar refractivity (Wildman–Crippen MR) is 60.1 cm³/mol. The van der Waals surface area contributed by atoms with E-state index < -0.39 is 0 Å². The van der Waals surface area contributed by atoms with E-state index in [-0.39, 0.29) is 12.0 Å². The molecule has 0 saturated carbocycles. The van der Waals surface area contributed by atoms with Crippen LogP contribution in [-0.4, -0.2) is 17.8 Å². The first-order chi connectivity index (χ1) is 7.33. The van der Waals surface area contributed by atoms with Crippen LogP contribution < -0.4 is 4.74 Å². The van der Waals surface area contributed by atoms with Crippen molar-refractivity contribution in [3.8, 4) is 5.75 Å². The van der Waals surface area contributed by atoms with Crippen LogP contribution in [0.15, 0.2) is 36.9 Å². The van der Waals surface area contributed by atoms with E-state index in [1.807, 2.05) is 30.3 Å². The average molecular weight is 204 g/mol. The Labute approximate surface area is 90.2 Å². The van der Waals surface area contributed by atoms with Gasteiger partial charge in [0, 0.05) is 11.5 Å². The average Bonchev–Trinajstić information content (AvgIpc) is 2.69. The zero-order valence-electron chi connectivity index (χ0n) is 8.73. The second-order valence-corrected chi connectivity index (χ2v) is 3.89. The summed E-state index contributed by atoms with van der Waals surface area (Å²) in [7, 11) is 0. The van der Waals surface area contributed by atoms with Crippen molar-refractivity contribution in [2.45, 2.75) is 24.9 Å². The number of fused-ring (bicyclic) bond motifs is 1. The van der Waals surface area contributed by atoms with Crippen LogP contribution in [0.3, 0.4) is 0 Å². The summed E-state index contributed by atoms with van der Waals surface area (Å²) in [6, 6.07) is 7.93. The van der Waals surface area contributed by atoms with Crippen LogP contribution in [0, 0.1) is 0 Å². The van der Waals surface area contributed by atoms with Gasteiger partial charge in [-0.25, -0.2) is 0 Å². The molecular weight excluding hydrogens is 188 g/mol. The molecule has 0 aromatic heterocycles. The van der Waals surface area contributed by atoms with E-state index in [0.717, 1.165) is 24.2 Å².